The van der Waals surface area contributed by atoms with Crippen molar-refractivity contribution in [2.75, 3.05) is 0 Å². The molecule has 0 amide bonds. The maximum absolute atomic E-state index is 9.24. The van der Waals surface area contributed by atoms with Crippen LogP contribution in [0, 0.1) is 13.8 Å². The summed E-state index contributed by atoms with van der Waals surface area (Å²) in [5.41, 5.74) is 2.64. The summed E-state index contributed by atoms with van der Waals surface area (Å²) in [6.45, 7) is 4.17. The molecule has 0 aliphatic rings. The van der Waals surface area contributed by atoms with Crippen LogP contribution >= 0.6 is 33.0 Å². The predicted molar refractivity (Wildman–Crippen MR) is 95.0 cm³/mol. The zero-order valence-corrected chi connectivity index (χ0v) is 39.2. The Morgan fingerprint density at radius 2 is 0.629 bits per heavy atom. The van der Waals surface area contributed by atoms with Gasteiger partial charge < -0.3 is 19.6 Å². The van der Waals surface area contributed by atoms with Crippen molar-refractivity contribution in [3.63, 3.8) is 0 Å². The van der Waals surface area contributed by atoms with Gasteiger partial charge in [0.25, 0.3) is 0 Å². The average molecular weight is 629 g/mol. The smallest absolute Gasteiger partial charge is 0.563 e. The van der Waals surface area contributed by atoms with Gasteiger partial charge in [0, 0.05) is 0 Å². The summed E-state index contributed by atoms with van der Waals surface area (Å²) in [6, 6.07) is 20.5. The third kappa shape index (κ3) is 63.9. The molecule has 0 aromatic heterocycles. The van der Waals surface area contributed by atoms with Crippen LogP contribution < -0.4 is 226 Å². The molecule has 0 spiro atoms. The van der Waals surface area contributed by atoms with Crippen LogP contribution in [0.5, 0.6) is 0 Å². The summed E-state index contributed by atoms with van der Waals surface area (Å²) < 4.78 is 43.3. The summed E-state index contributed by atoms with van der Waals surface area (Å²) in [7, 11) is -12.9. The van der Waals surface area contributed by atoms with Gasteiger partial charge >= 0.3 is 240 Å². The standard InChI is InChI=1S/2C7H8.7Na.2O5P2/c2*1-7-5-3-2-4-6-7;;;;;;;;2*1-6(2)5-7(3)4/h2*2-6H,1H3;;;;;;;;;/q;;7*+1;;. The first-order chi connectivity index (χ1) is 13.0. The molecule has 2 aromatic carbocycles. The van der Waals surface area contributed by atoms with Crippen LogP contribution in [0.15, 0.2) is 60.7 Å². The maximum atomic E-state index is 9.24. The molecular formula is C14H16Na7O10P4+7. The molecule has 0 saturated carbocycles. The van der Waals surface area contributed by atoms with E-state index >= 15 is 0 Å². The minimum atomic E-state index is -3.24. The van der Waals surface area contributed by atoms with Crippen LogP contribution in [0.25, 0.3) is 0 Å². The number of benzene rings is 2. The second kappa shape index (κ2) is 46.6. The molecule has 10 nitrogen and oxygen atoms in total. The van der Waals surface area contributed by atoms with Gasteiger partial charge in [-0.3, -0.25) is 0 Å². The van der Waals surface area contributed by atoms with Gasteiger partial charge in [-0.2, -0.15) is 0 Å². The Morgan fingerprint density at radius 3 is 0.686 bits per heavy atom. The monoisotopic (exact) mass is 629 g/mol. The number of hydrogen-bond donors (Lipinski definition) is 0. The Balaban J connectivity index is -0.0000000345. The van der Waals surface area contributed by atoms with Crippen LogP contribution in [-0.4, -0.2) is 0 Å². The fourth-order valence-corrected chi connectivity index (χ4v) is 2.05. The minimum Gasteiger partial charge on any atom is -0.563 e. The van der Waals surface area contributed by atoms with Gasteiger partial charge in [0.05, 0.1) is 0 Å². The van der Waals surface area contributed by atoms with E-state index < -0.39 is 33.0 Å². The summed E-state index contributed by atoms with van der Waals surface area (Å²) in [5, 5.41) is 0. The molecular weight excluding hydrogens is 613 g/mol. The van der Waals surface area contributed by atoms with E-state index in [-0.39, 0.29) is 207 Å². The van der Waals surface area contributed by atoms with Gasteiger partial charge in [-0.1, -0.05) is 71.8 Å². The second-order valence-electron chi connectivity index (χ2n) is 4.37. The average Bonchev–Trinajstić information content (AvgIpc) is 2.55. The van der Waals surface area contributed by atoms with Crippen molar-refractivity contribution in [3.05, 3.63) is 71.8 Å². The SMILES string of the molecule is Cc1ccccc1.Cc1ccccc1.O=[P+]([O-])O[P+](=O)[O-].O=[P+]([O-])O[P+](=O)[O-].[Na+].[Na+].[Na+].[Na+].[Na+].[Na+].[Na+]. The summed E-state index contributed by atoms with van der Waals surface area (Å²) in [4.78, 5) is 37.0. The molecule has 0 bridgehead atoms. The molecule has 0 aliphatic carbocycles. The van der Waals surface area contributed by atoms with Gasteiger partial charge in [-0.25, -0.2) is 0 Å². The van der Waals surface area contributed by atoms with E-state index in [2.05, 4.69) is 46.7 Å². The van der Waals surface area contributed by atoms with Crippen molar-refractivity contribution in [3.8, 4) is 0 Å². The van der Waals surface area contributed by atoms with Crippen molar-refractivity contribution >= 4 is 33.0 Å². The first-order valence-electron chi connectivity index (χ1n) is 7.01. The van der Waals surface area contributed by atoms with Crippen molar-refractivity contribution in [1.82, 2.24) is 0 Å². The number of hydrogen-bond acceptors (Lipinski definition) is 10. The van der Waals surface area contributed by atoms with Crippen molar-refractivity contribution < 1.29 is 253 Å². The maximum Gasteiger partial charge on any atom is 1.00 e. The Bertz CT molecular complexity index is 665. The molecule has 152 valence electrons. The van der Waals surface area contributed by atoms with Crippen LogP contribution in [0.3, 0.4) is 0 Å². The fraction of sp³-hybridized carbons (Fsp3) is 0.143. The van der Waals surface area contributed by atoms with E-state index in [0.717, 1.165) is 0 Å². The molecule has 4 atom stereocenters. The molecule has 2 rings (SSSR count). The van der Waals surface area contributed by atoms with E-state index in [9.17, 15) is 37.8 Å². The fourth-order valence-electron chi connectivity index (χ4n) is 1.18. The van der Waals surface area contributed by atoms with Crippen molar-refractivity contribution in [1.29, 1.82) is 0 Å². The summed E-state index contributed by atoms with van der Waals surface area (Å²) >= 11 is 0. The molecule has 2 aromatic rings. The third-order valence-corrected chi connectivity index (χ3v) is 4.28. The predicted octanol–water partition coefficient (Wildman–Crippen LogP) is -18.9. The second-order valence-corrected chi connectivity index (χ2v) is 7.46. The van der Waals surface area contributed by atoms with Gasteiger partial charge in [0.15, 0.2) is 0 Å². The van der Waals surface area contributed by atoms with E-state index in [1.165, 1.54) is 11.1 Å². The summed E-state index contributed by atoms with van der Waals surface area (Å²) in [5.74, 6) is 0. The number of rotatable bonds is 4. The minimum absolute atomic E-state index is 0. The molecule has 0 aliphatic heterocycles. The molecule has 0 radical (unpaired) electrons. The zero-order valence-electron chi connectivity index (χ0n) is 21.6. The van der Waals surface area contributed by atoms with E-state index in [1.54, 1.807) is 0 Å². The number of aryl methyl sites for hydroxylation is 2. The van der Waals surface area contributed by atoms with E-state index in [4.69, 9.17) is 0 Å². The largest absolute Gasteiger partial charge is 1.00 e. The molecule has 0 fully saturated rings. The van der Waals surface area contributed by atoms with Crippen LogP contribution in [-0.2, 0) is 26.9 Å². The van der Waals surface area contributed by atoms with Gasteiger partial charge in [-0.15, -0.1) is 0 Å². The third-order valence-electron chi connectivity index (χ3n) is 2.15. The van der Waals surface area contributed by atoms with Gasteiger partial charge in [0.1, 0.15) is 8.62 Å². The Hall–Kier alpha value is 5.60. The van der Waals surface area contributed by atoms with Gasteiger partial charge in [-0.05, 0) is 32.1 Å². The molecule has 21 heteroatoms. The van der Waals surface area contributed by atoms with E-state index in [1.807, 2.05) is 36.4 Å². The molecule has 0 saturated heterocycles. The molecule has 0 N–H and O–H groups in total. The molecule has 4 unspecified atom stereocenters. The zero-order chi connectivity index (χ0) is 21.9. The quantitative estimate of drug-likeness (QED) is 0.233. The molecule has 35 heavy (non-hydrogen) atoms. The van der Waals surface area contributed by atoms with Crippen molar-refractivity contribution in [2.24, 2.45) is 0 Å². The van der Waals surface area contributed by atoms with Crippen LogP contribution in [0.2, 0.25) is 0 Å². The molecule has 0 heterocycles. The Morgan fingerprint density at radius 1 is 0.457 bits per heavy atom. The van der Waals surface area contributed by atoms with Gasteiger partial charge in [0.2, 0.25) is 0 Å². The topological polar surface area (TPSA) is 179 Å². The normalized spacial score (nSPS) is 8.86. The Kier molecular flexibility index (Phi) is 84.8. The van der Waals surface area contributed by atoms with Crippen molar-refractivity contribution in [2.45, 2.75) is 13.8 Å². The summed E-state index contributed by atoms with van der Waals surface area (Å²) in [6.07, 6.45) is 0. The first kappa shape index (κ1) is 63.8. The van der Waals surface area contributed by atoms with Crippen LogP contribution in [0.4, 0.5) is 0 Å². The van der Waals surface area contributed by atoms with Crippen LogP contribution in [0.1, 0.15) is 11.1 Å². The first-order valence-corrected chi connectivity index (χ1v) is 11.4. The Labute approximate surface area is 364 Å². The van der Waals surface area contributed by atoms with E-state index in [0.29, 0.717) is 0 Å².